The lowest BCUT2D eigenvalue weighted by molar-refractivity contribution is 0.232. The van der Waals surface area contributed by atoms with Gasteiger partial charge in [-0.2, -0.15) is 0 Å². The number of hydrogen-bond acceptors (Lipinski definition) is 6. The highest BCUT2D eigenvalue weighted by molar-refractivity contribution is 5.54. The van der Waals surface area contributed by atoms with E-state index in [1.54, 1.807) is 19.5 Å². The summed E-state index contributed by atoms with van der Waals surface area (Å²) in [4.78, 5) is 26.5. The number of H-pyrrole nitrogens is 1. The zero-order valence-electron chi connectivity index (χ0n) is 16.6. The van der Waals surface area contributed by atoms with E-state index in [9.17, 15) is 4.79 Å². The molecule has 1 aromatic carbocycles. The molecule has 0 saturated carbocycles. The van der Waals surface area contributed by atoms with E-state index in [1.165, 1.54) is 0 Å². The Morgan fingerprint density at radius 1 is 1.21 bits per heavy atom. The standard InChI is InChI=1S/C22H24N4O3/c1-3-29-20-16(5-4-6-19(20)28-2)13-26-12-9-17-18(14-26)24-21(25-22(17)27)15-7-10-23-11-8-15/h4-8,10-11H,3,9,12-14H2,1-2H3,(H,24,25,27). The Morgan fingerprint density at radius 3 is 2.79 bits per heavy atom. The van der Waals surface area contributed by atoms with E-state index in [0.717, 1.165) is 40.4 Å². The molecule has 1 aliphatic heterocycles. The number of nitrogens with one attached hydrogen (secondary N) is 1. The van der Waals surface area contributed by atoms with Gasteiger partial charge in [-0.1, -0.05) is 12.1 Å². The fraction of sp³-hybridized carbons (Fsp3) is 0.318. The zero-order valence-corrected chi connectivity index (χ0v) is 16.6. The molecule has 0 unspecified atom stereocenters. The van der Waals surface area contributed by atoms with E-state index < -0.39 is 0 Å². The lowest BCUT2D eigenvalue weighted by Gasteiger charge is -2.28. The fourth-order valence-corrected chi connectivity index (χ4v) is 3.67. The normalized spacial score (nSPS) is 13.7. The first kappa shape index (κ1) is 19.1. The van der Waals surface area contributed by atoms with Crippen molar-refractivity contribution in [1.29, 1.82) is 0 Å². The average Bonchev–Trinajstić information content (AvgIpc) is 2.75. The summed E-state index contributed by atoms with van der Waals surface area (Å²) < 4.78 is 11.3. The largest absolute Gasteiger partial charge is 0.493 e. The maximum Gasteiger partial charge on any atom is 0.254 e. The van der Waals surface area contributed by atoms with E-state index in [4.69, 9.17) is 14.5 Å². The third kappa shape index (κ3) is 4.00. The Bertz CT molecular complexity index is 1050. The van der Waals surface area contributed by atoms with Crippen LogP contribution in [0.15, 0.2) is 47.5 Å². The molecule has 1 aliphatic rings. The molecule has 7 nitrogen and oxygen atoms in total. The number of aromatic amines is 1. The Kier molecular flexibility index (Phi) is 5.57. The molecule has 29 heavy (non-hydrogen) atoms. The zero-order chi connectivity index (χ0) is 20.2. The van der Waals surface area contributed by atoms with Gasteiger partial charge in [0.1, 0.15) is 5.82 Å². The molecule has 0 radical (unpaired) electrons. The van der Waals surface area contributed by atoms with Gasteiger partial charge < -0.3 is 14.5 Å². The van der Waals surface area contributed by atoms with E-state index in [2.05, 4.69) is 20.9 Å². The van der Waals surface area contributed by atoms with Crippen LogP contribution in [0.5, 0.6) is 11.5 Å². The molecule has 0 spiro atoms. The SMILES string of the molecule is CCOc1c(CN2CCc3c(nc(-c4ccncc4)[nH]c3=O)C2)cccc1OC. The summed E-state index contributed by atoms with van der Waals surface area (Å²) in [5, 5.41) is 0. The lowest BCUT2D eigenvalue weighted by Crippen LogP contribution is -2.35. The van der Waals surface area contributed by atoms with Crippen molar-refractivity contribution in [3.63, 3.8) is 0 Å². The van der Waals surface area contributed by atoms with Gasteiger partial charge in [0.05, 0.1) is 19.4 Å². The second-order valence-corrected chi connectivity index (χ2v) is 6.92. The van der Waals surface area contributed by atoms with Gasteiger partial charge >= 0.3 is 0 Å². The van der Waals surface area contributed by atoms with Crippen molar-refractivity contribution >= 4 is 0 Å². The van der Waals surface area contributed by atoms with Gasteiger partial charge in [0, 0.05) is 48.7 Å². The van der Waals surface area contributed by atoms with Gasteiger partial charge in [0.25, 0.3) is 5.56 Å². The molecule has 7 heteroatoms. The maximum absolute atomic E-state index is 12.6. The maximum atomic E-state index is 12.6. The van der Waals surface area contributed by atoms with Crippen LogP contribution >= 0.6 is 0 Å². The van der Waals surface area contributed by atoms with Crippen LogP contribution in [-0.4, -0.2) is 40.1 Å². The molecule has 0 bridgehead atoms. The van der Waals surface area contributed by atoms with Crippen molar-refractivity contribution in [3.05, 3.63) is 69.9 Å². The monoisotopic (exact) mass is 392 g/mol. The molecule has 0 aliphatic carbocycles. The van der Waals surface area contributed by atoms with E-state index >= 15 is 0 Å². The lowest BCUT2D eigenvalue weighted by atomic mass is 10.0. The van der Waals surface area contributed by atoms with Crippen LogP contribution in [0.2, 0.25) is 0 Å². The average molecular weight is 392 g/mol. The van der Waals surface area contributed by atoms with Gasteiger partial charge in [-0.05, 0) is 31.5 Å². The minimum Gasteiger partial charge on any atom is -0.493 e. The van der Waals surface area contributed by atoms with Crippen molar-refractivity contribution in [1.82, 2.24) is 19.9 Å². The van der Waals surface area contributed by atoms with E-state index in [-0.39, 0.29) is 5.56 Å². The number of methoxy groups -OCH3 is 1. The molecule has 1 N–H and O–H groups in total. The Hall–Kier alpha value is -3.19. The second kappa shape index (κ2) is 8.45. The summed E-state index contributed by atoms with van der Waals surface area (Å²) in [6, 6.07) is 9.61. The molecule has 150 valence electrons. The van der Waals surface area contributed by atoms with Crippen LogP contribution in [0.25, 0.3) is 11.4 Å². The second-order valence-electron chi connectivity index (χ2n) is 6.92. The number of rotatable bonds is 6. The van der Waals surface area contributed by atoms with Crippen LogP contribution in [-0.2, 0) is 19.5 Å². The smallest absolute Gasteiger partial charge is 0.254 e. The Balaban J connectivity index is 1.61. The Labute approximate surface area is 169 Å². The van der Waals surface area contributed by atoms with Gasteiger partial charge in [0.15, 0.2) is 11.5 Å². The molecule has 2 aromatic heterocycles. The van der Waals surface area contributed by atoms with Crippen LogP contribution in [0, 0.1) is 0 Å². The van der Waals surface area contributed by atoms with Gasteiger partial charge in [-0.25, -0.2) is 4.98 Å². The summed E-state index contributed by atoms with van der Waals surface area (Å²) in [7, 11) is 1.65. The van der Waals surface area contributed by atoms with Gasteiger partial charge in [-0.15, -0.1) is 0 Å². The minimum atomic E-state index is -0.0575. The van der Waals surface area contributed by atoms with Crippen molar-refractivity contribution in [3.8, 4) is 22.9 Å². The van der Waals surface area contributed by atoms with Crippen LogP contribution < -0.4 is 15.0 Å². The molecule has 3 heterocycles. The first-order chi connectivity index (χ1) is 14.2. The number of benzene rings is 1. The molecule has 0 fully saturated rings. The molecular weight excluding hydrogens is 368 g/mol. The first-order valence-electron chi connectivity index (χ1n) is 9.73. The molecule has 0 saturated heterocycles. The fourth-order valence-electron chi connectivity index (χ4n) is 3.67. The predicted octanol–water partition coefficient (Wildman–Crippen LogP) is 2.80. The number of ether oxygens (including phenoxy) is 2. The number of pyridine rings is 1. The number of fused-ring (bicyclic) bond motifs is 1. The quantitative estimate of drug-likeness (QED) is 0.695. The summed E-state index contributed by atoms with van der Waals surface area (Å²) in [5.41, 5.74) is 3.46. The predicted molar refractivity (Wildman–Crippen MR) is 110 cm³/mol. The summed E-state index contributed by atoms with van der Waals surface area (Å²) >= 11 is 0. The molecular formula is C22H24N4O3. The van der Waals surface area contributed by atoms with Crippen LogP contribution in [0.1, 0.15) is 23.7 Å². The van der Waals surface area contributed by atoms with Crippen molar-refractivity contribution in [2.24, 2.45) is 0 Å². The van der Waals surface area contributed by atoms with Gasteiger partial charge in [0.2, 0.25) is 0 Å². The number of aromatic nitrogens is 3. The highest BCUT2D eigenvalue weighted by Crippen LogP contribution is 2.32. The van der Waals surface area contributed by atoms with Gasteiger partial charge in [-0.3, -0.25) is 14.7 Å². The van der Waals surface area contributed by atoms with Crippen molar-refractivity contribution < 1.29 is 9.47 Å². The summed E-state index contributed by atoms with van der Waals surface area (Å²) in [5.74, 6) is 2.09. The molecule has 0 atom stereocenters. The summed E-state index contributed by atoms with van der Waals surface area (Å²) in [6.45, 7) is 4.63. The van der Waals surface area contributed by atoms with Crippen molar-refractivity contribution in [2.75, 3.05) is 20.3 Å². The first-order valence-corrected chi connectivity index (χ1v) is 9.73. The Morgan fingerprint density at radius 2 is 2.03 bits per heavy atom. The molecule has 3 aromatic rings. The number of para-hydroxylation sites is 1. The third-order valence-electron chi connectivity index (χ3n) is 5.07. The van der Waals surface area contributed by atoms with E-state index in [1.807, 2.05) is 31.2 Å². The highest BCUT2D eigenvalue weighted by Gasteiger charge is 2.23. The topological polar surface area (TPSA) is 80.3 Å². The minimum absolute atomic E-state index is 0.0575. The van der Waals surface area contributed by atoms with E-state index in [0.29, 0.717) is 31.9 Å². The van der Waals surface area contributed by atoms with Crippen molar-refractivity contribution in [2.45, 2.75) is 26.4 Å². The number of hydrogen-bond donors (Lipinski definition) is 1. The molecule has 0 amide bonds. The third-order valence-corrected chi connectivity index (χ3v) is 5.07. The van der Waals surface area contributed by atoms with Crippen LogP contribution in [0.4, 0.5) is 0 Å². The highest BCUT2D eigenvalue weighted by atomic mass is 16.5. The number of nitrogens with zero attached hydrogens (tertiary/aromatic N) is 3. The molecule has 4 rings (SSSR count). The van der Waals surface area contributed by atoms with Crippen LogP contribution in [0.3, 0.4) is 0 Å². The summed E-state index contributed by atoms with van der Waals surface area (Å²) in [6.07, 6.45) is 4.06.